The zero-order valence-corrected chi connectivity index (χ0v) is 13.0. The number of hydrogen-bond donors (Lipinski definition) is 0. The maximum absolute atomic E-state index is 13.5. The molecule has 1 aromatic heterocycles. The lowest BCUT2D eigenvalue weighted by molar-refractivity contribution is 0.0595. The molecule has 1 heterocycles. The molecule has 0 radical (unpaired) electrons. The number of aromatic nitrogens is 1. The molecular formula is C11H6Br2FNO2S. The Hall–Kier alpha value is -0.790. The van der Waals surface area contributed by atoms with E-state index in [1.54, 1.807) is 12.1 Å². The number of hydrogen-bond acceptors (Lipinski definition) is 4. The first-order valence-corrected chi connectivity index (χ1v) is 7.13. The van der Waals surface area contributed by atoms with Crippen LogP contribution in [0.4, 0.5) is 4.39 Å². The minimum atomic E-state index is -0.546. The van der Waals surface area contributed by atoms with E-state index < -0.39 is 11.8 Å². The van der Waals surface area contributed by atoms with E-state index in [4.69, 9.17) is 0 Å². The number of carbonyl (C=O) groups excluding carboxylic acids is 1. The van der Waals surface area contributed by atoms with Gasteiger partial charge in [-0.25, -0.2) is 14.2 Å². The summed E-state index contributed by atoms with van der Waals surface area (Å²) in [7, 11) is 1.28. The minimum absolute atomic E-state index is 0.177. The SMILES string of the molecule is COC(=O)c1nc(Br)sc1-c1ccc(Br)c(F)c1. The lowest BCUT2D eigenvalue weighted by atomic mass is 10.1. The largest absolute Gasteiger partial charge is 0.464 e. The van der Waals surface area contributed by atoms with E-state index in [0.717, 1.165) is 0 Å². The summed E-state index contributed by atoms with van der Waals surface area (Å²) in [6.07, 6.45) is 0. The molecule has 0 aliphatic carbocycles. The molecule has 0 atom stereocenters. The third-order valence-electron chi connectivity index (χ3n) is 2.16. The fourth-order valence-electron chi connectivity index (χ4n) is 1.36. The maximum Gasteiger partial charge on any atom is 0.358 e. The molecule has 0 saturated carbocycles. The van der Waals surface area contributed by atoms with Gasteiger partial charge >= 0.3 is 5.97 Å². The predicted molar refractivity (Wildman–Crippen MR) is 74.2 cm³/mol. The van der Waals surface area contributed by atoms with Gasteiger partial charge in [0.05, 0.1) is 16.5 Å². The van der Waals surface area contributed by atoms with Crippen molar-refractivity contribution in [3.63, 3.8) is 0 Å². The van der Waals surface area contributed by atoms with Gasteiger partial charge in [-0.05, 0) is 49.6 Å². The van der Waals surface area contributed by atoms with E-state index in [9.17, 15) is 9.18 Å². The number of carbonyl (C=O) groups is 1. The molecule has 7 heteroatoms. The number of ether oxygens (including phenoxy) is 1. The molecular weight excluding hydrogens is 389 g/mol. The summed E-state index contributed by atoms with van der Waals surface area (Å²) in [6, 6.07) is 4.63. The molecule has 0 aliphatic rings. The topological polar surface area (TPSA) is 39.2 Å². The highest BCUT2D eigenvalue weighted by Gasteiger charge is 2.20. The third kappa shape index (κ3) is 2.62. The zero-order valence-electron chi connectivity index (χ0n) is 9.04. The van der Waals surface area contributed by atoms with Crippen molar-refractivity contribution in [2.24, 2.45) is 0 Å². The molecule has 0 unspecified atom stereocenters. The van der Waals surface area contributed by atoms with Crippen molar-refractivity contribution in [2.75, 3.05) is 7.11 Å². The number of halogens is 3. The van der Waals surface area contributed by atoms with Gasteiger partial charge in [-0.1, -0.05) is 6.07 Å². The quantitative estimate of drug-likeness (QED) is 0.714. The highest BCUT2D eigenvalue weighted by molar-refractivity contribution is 9.11. The molecule has 2 aromatic rings. The van der Waals surface area contributed by atoms with Crippen LogP contribution in [0.2, 0.25) is 0 Å². The summed E-state index contributed by atoms with van der Waals surface area (Å²) >= 11 is 7.54. The van der Waals surface area contributed by atoms with Gasteiger partial charge in [0.25, 0.3) is 0 Å². The molecule has 2 rings (SSSR count). The van der Waals surface area contributed by atoms with Crippen LogP contribution < -0.4 is 0 Å². The molecule has 94 valence electrons. The van der Waals surface area contributed by atoms with E-state index >= 15 is 0 Å². The molecule has 0 bridgehead atoms. The minimum Gasteiger partial charge on any atom is -0.464 e. The fourth-order valence-corrected chi connectivity index (χ4v) is 3.05. The summed E-state index contributed by atoms with van der Waals surface area (Å²) in [4.78, 5) is 16.2. The van der Waals surface area contributed by atoms with Crippen LogP contribution in [0.25, 0.3) is 10.4 Å². The van der Waals surface area contributed by atoms with E-state index in [1.807, 2.05) is 0 Å². The molecule has 0 amide bonds. The van der Waals surface area contributed by atoms with Crippen molar-refractivity contribution >= 4 is 49.2 Å². The van der Waals surface area contributed by atoms with Gasteiger partial charge in [-0.3, -0.25) is 0 Å². The Bertz CT molecular complexity index is 615. The van der Waals surface area contributed by atoms with Crippen molar-refractivity contribution in [1.29, 1.82) is 0 Å². The van der Waals surface area contributed by atoms with Crippen LogP contribution in [0.15, 0.2) is 26.6 Å². The van der Waals surface area contributed by atoms with Crippen molar-refractivity contribution < 1.29 is 13.9 Å². The number of esters is 1. The Kier molecular flexibility index (Phi) is 4.14. The Morgan fingerprint density at radius 1 is 1.44 bits per heavy atom. The van der Waals surface area contributed by atoms with Gasteiger partial charge in [0.1, 0.15) is 5.82 Å². The van der Waals surface area contributed by atoms with Gasteiger partial charge in [-0.15, -0.1) is 11.3 Å². The number of rotatable bonds is 2. The molecule has 0 saturated heterocycles. The van der Waals surface area contributed by atoms with Crippen LogP contribution in [0.3, 0.4) is 0 Å². The van der Waals surface area contributed by atoms with Crippen LogP contribution in [0.1, 0.15) is 10.5 Å². The number of methoxy groups -OCH3 is 1. The van der Waals surface area contributed by atoms with E-state index in [-0.39, 0.29) is 5.69 Å². The van der Waals surface area contributed by atoms with Gasteiger partial charge in [0, 0.05) is 0 Å². The fraction of sp³-hybridized carbons (Fsp3) is 0.0909. The average Bonchev–Trinajstić information content (AvgIpc) is 2.74. The maximum atomic E-state index is 13.5. The standard InChI is InChI=1S/C11H6Br2FNO2S/c1-17-10(16)8-9(18-11(13)15-8)5-2-3-6(12)7(14)4-5/h2-4H,1H3. The Morgan fingerprint density at radius 2 is 2.17 bits per heavy atom. The normalized spacial score (nSPS) is 10.4. The number of nitrogens with zero attached hydrogens (tertiary/aromatic N) is 1. The van der Waals surface area contributed by atoms with Crippen molar-refractivity contribution in [3.8, 4) is 10.4 Å². The first-order valence-electron chi connectivity index (χ1n) is 4.73. The zero-order chi connectivity index (χ0) is 13.3. The van der Waals surface area contributed by atoms with Gasteiger partial charge in [0.15, 0.2) is 9.61 Å². The summed E-state index contributed by atoms with van der Waals surface area (Å²) in [5.74, 6) is -0.942. The first-order chi connectivity index (χ1) is 8.52. The number of thiazole rings is 1. The average molecular weight is 395 g/mol. The molecule has 0 aliphatic heterocycles. The molecule has 18 heavy (non-hydrogen) atoms. The lowest BCUT2D eigenvalue weighted by Gasteiger charge is -2.02. The smallest absolute Gasteiger partial charge is 0.358 e. The van der Waals surface area contributed by atoms with Gasteiger partial charge in [-0.2, -0.15) is 0 Å². The second kappa shape index (κ2) is 5.46. The summed E-state index contributed by atoms with van der Waals surface area (Å²) < 4.78 is 19.1. The van der Waals surface area contributed by atoms with Crippen LogP contribution in [-0.2, 0) is 4.74 Å². The lowest BCUT2D eigenvalue weighted by Crippen LogP contribution is -2.03. The highest BCUT2D eigenvalue weighted by atomic mass is 79.9. The van der Waals surface area contributed by atoms with E-state index in [2.05, 4.69) is 41.6 Å². The Morgan fingerprint density at radius 3 is 2.78 bits per heavy atom. The second-order valence-electron chi connectivity index (χ2n) is 3.27. The molecule has 0 fully saturated rings. The van der Waals surface area contributed by atoms with Crippen LogP contribution >= 0.6 is 43.2 Å². The summed E-state index contributed by atoms with van der Waals surface area (Å²) in [6.45, 7) is 0. The van der Waals surface area contributed by atoms with E-state index in [1.165, 1.54) is 24.5 Å². The molecule has 0 spiro atoms. The van der Waals surface area contributed by atoms with Crippen molar-refractivity contribution in [3.05, 3.63) is 38.1 Å². The predicted octanol–water partition coefficient (Wildman–Crippen LogP) is 4.26. The first kappa shape index (κ1) is 13.6. The van der Waals surface area contributed by atoms with Crippen molar-refractivity contribution in [1.82, 2.24) is 4.98 Å². The van der Waals surface area contributed by atoms with E-state index in [0.29, 0.717) is 18.8 Å². The Labute approximate surface area is 123 Å². The number of benzene rings is 1. The molecule has 3 nitrogen and oxygen atoms in total. The second-order valence-corrected chi connectivity index (χ2v) is 6.39. The van der Waals surface area contributed by atoms with Crippen molar-refractivity contribution in [2.45, 2.75) is 0 Å². The molecule has 1 aromatic carbocycles. The Balaban J connectivity index is 2.56. The molecule has 0 N–H and O–H groups in total. The summed E-state index contributed by atoms with van der Waals surface area (Å²) in [5.41, 5.74) is 0.760. The van der Waals surface area contributed by atoms with Crippen LogP contribution in [0, 0.1) is 5.82 Å². The van der Waals surface area contributed by atoms with Gasteiger partial charge in [0.2, 0.25) is 0 Å². The summed E-state index contributed by atoms with van der Waals surface area (Å²) in [5, 5.41) is 0. The van der Waals surface area contributed by atoms with Crippen LogP contribution in [0.5, 0.6) is 0 Å². The van der Waals surface area contributed by atoms with Crippen LogP contribution in [-0.4, -0.2) is 18.1 Å². The monoisotopic (exact) mass is 393 g/mol. The van der Waals surface area contributed by atoms with Gasteiger partial charge < -0.3 is 4.74 Å². The third-order valence-corrected chi connectivity index (χ3v) is 4.36. The highest BCUT2D eigenvalue weighted by Crippen LogP contribution is 2.34.